The number of likely N-dealkylation sites (tertiary alicyclic amines) is 1. The largest absolute Gasteiger partial charge is 0.392 e. The Balaban J connectivity index is 1.35. The van der Waals surface area contributed by atoms with E-state index in [1.54, 1.807) is 0 Å². The Hall–Kier alpha value is -3.03. The highest BCUT2D eigenvalue weighted by Gasteiger charge is 2.33. The highest BCUT2D eigenvalue weighted by molar-refractivity contribution is 5.74. The van der Waals surface area contributed by atoms with Crippen LogP contribution in [0.25, 0.3) is 11.1 Å². The Labute approximate surface area is 238 Å². The second-order valence-corrected chi connectivity index (χ2v) is 11.1. The van der Waals surface area contributed by atoms with Gasteiger partial charge < -0.3 is 24.8 Å². The first-order chi connectivity index (χ1) is 19.6. The van der Waals surface area contributed by atoms with Gasteiger partial charge in [-0.25, -0.2) is 0 Å². The number of carbonyl (C=O) groups excluding carboxylic acids is 1. The third-order valence-electron chi connectivity index (χ3n) is 8.06. The molecule has 40 heavy (non-hydrogen) atoms. The zero-order valence-electron chi connectivity index (χ0n) is 23.6. The molecule has 0 saturated carbocycles. The van der Waals surface area contributed by atoms with Crippen LogP contribution >= 0.6 is 0 Å². The molecule has 3 atom stereocenters. The Morgan fingerprint density at radius 1 is 0.875 bits per heavy atom. The molecule has 0 aliphatic carbocycles. The minimum atomic E-state index is -0.459. The molecule has 6 nitrogen and oxygen atoms in total. The number of amides is 1. The minimum absolute atomic E-state index is 0.0371. The molecule has 5 rings (SSSR count). The fourth-order valence-corrected chi connectivity index (χ4v) is 5.81. The molecule has 1 amide bonds. The summed E-state index contributed by atoms with van der Waals surface area (Å²) in [6.07, 6.45) is 6.82. The number of benzene rings is 3. The second-order valence-electron chi connectivity index (χ2n) is 11.1. The van der Waals surface area contributed by atoms with E-state index in [-0.39, 0.29) is 24.7 Å². The zero-order chi connectivity index (χ0) is 27.7. The van der Waals surface area contributed by atoms with Crippen molar-refractivity contribution in [2.75, 3.05) is 19.6 Å². The normalized spacial score (nSPS) is 22.3. The van der Waals surface area contributed by atoms with Gasteiger partial charge in [-0.3, -0.25) is 4.79 Å². The van der Waals surface area contributed by atoms with E-state index in [0.29, 0.717) is 6.54 Å². The number of aliphatic hydroxyl groups excluding tert-OH is 1. The Morgan fingerprint density at radius 2 is 1.55 bits per heavy atom. The molecule has 2 saturated heterocycles. The van der Waals surface area contributed by atoms with E-state index < -0.39 is 6.29 Å². The molecular formula is C34H42N2O4. The highest BCUT2D eigenvalue weighted by atomic mass is 16.7. The van der Waals surface area contributed by atoms with Gasteiger partial charge in [-0.1, -0.05) is 92.1 Å². The van der Waals surface area contributed by atoms with E-state index in [9.17, 15) is 9.90 Å². The van der Waals surface area contributed by atoms with Crippen LogP contribution in [0.5, 0.6) is 0 Å². The summed E-state index contributed by atoms with van der Waals surface area (Å²) in [6.45, 7) is 5.26. The third-order valence-corrected chi connectivity index (χ3v) is 8.06. The number of carbonyl (C=O) groups is 1. The summed E-state index contributed by atoms with van der Waals surface area (Å²) in [5, 5.41) is 12.4. The molecule has 6 heteroatoms. The van der Waals surface area contributed by atoms with E-state index in [1.165, 1.54) is 39.0 Å². The molecule has 0 bridgehead atoms. The summed E-state index contributed by atoms with van der Waals surface area (Å²) in [7, 11) is 0. The van der Waals surface area contributed by atoms with Gasteiger partial charge in [0.05, 0.1) is 18.8 Å². The van der Waals surface area contributed by atoms with Crippen LogP contribution in [0, 0.1) is 0 Å². The summed E-state index contributed by atoms with van der Waals surface area (Å²) in [4.78, 5) is 14.1. The Kier molecular flexibility index (Phi) is 10.0. The van der Waals surface area contributed by atoms with Crippen molar-refractivity contribution < 1.29 is 19.4 Å². The van der Waals surface area contributed by atoms with Crippen molar-refractivity contribution in [3.63, 3.8) is 0 Å². The number of rotatable bonds is 8. The Bertz CT molecular complexity index is 1220. The molecule has 2 heterocycles. The van der Waals surface area contributed by atoms with Gasteiger partial charge in [-0.2, -0.15) is 0 Å². The van der Waals surface area contributed by atoms with Crippen LogP contribution < -0.4 is 5.32 Å². The maximum Gasteiger partial charge on any atom is 0.217 e. The van der Waals surface area contributed by atoms with Crippen LogP contribution in [0.3, 0.4) is 0 Å². The van der Waals surface area contributed by atoms with Gasteiger partial charge in [0, 0.05) is 32.0 Å². The van der Waals surface area contributed by atoms with Crippen molar-refractivity contribution >= 4 is 5.91 Å². The van der Waals surface area contributed by atoms with Crippen LogP contribution in [0.1, 0.15) is 80.1 Å². The van der Waals surface area contributed by atoms with E-state index in [2.05, 4.69) is 58.7 Å². The van der Waals surface area contributed by atoms with Crippen molar-refractivity contribution in [1.82, 2.24) is 10.2 Å². The summed E-state index contributed by atoms with van der Waals surface area (Å²) in [6, 6.07) is 24.7. The van der Waals surface area contributed by atoms with Crippen molar-refractivity contribution in [1.29, 1.82) is 0 Å². The molecule has 2 aliphatic rings. The van der Waals surface area contributed by atoms with Crippen LogP contribution in [-0.2, 0) is 27.4 Å². The highest BCUT2D eigenvalue weighted by Crippen LogP contribution is 2.39. The van der Waals surface area contributed by atoms with Gasteiger partial charge in [0.25, 0.3) is 0 Å². The van der Waals surface area contributed by atoms with Gasteiger partial charge in [-0.15, -0.1) is 0 Å². The fourth-order valence-electron chi connectivity index (χ4n) is 5.81. The average molecular weight is 543 g/mol. The van der Waals surface area contributed by atoms with E-state index in [1.807, 2.05) is 24.3 Å². The van der Waals surface area contributed by atoms with Crippen LogP contribution in [-0.4, -0.2) is 41.7 Å². The zero-order valence-corrected chi connectivity index (χ0v) is 23.6. The summed E-state index contributed by atoms with van der Waals surface area (Å²) >= 11 is 0. The molecule has 3 aromatic rings. The molecule has 0 aromatic heterocycles. The lowest BCUT2D eigenvalue weighted by atomic mass is 9.97. The maximum atomic E-state index is 11.5. The molecule has 0 unspecified atom stereocenters. The number of nitrogens with zero attached hydrogens (tertiary/aromatic N) is 1. The summed E-state index contributed by atoms with van der Waals surface area (Å²) < 4.78 is 13.2. The fraction of sp³-hybridized carbons (Fsp3) is 0.441. The van der Waals surface area contributed by atoms with E-state index in [4.69, 9.17) is 9.47 Å². The van der Waals surface area contributed by atoms with Gasteiger partial charge in [0.2, 0.25) is 5.91 Å². The lowest BCUT2D eigenvalue weighted by Crippen LogP contribution is -2.40. The number of hydrogen-bond acceptors (Lipinski definition) is 5. The van der Waals surface area contributed by atoms with Crippen molar-refractivity contribution in [3.05, 3.63) is 95.1 Å². The maximum absolute atomic E-state index is 11.5. The van der Waals surface area contributed by atoms with Gasteiger partial charge in [-0.05, 0) is 53.7 Å². The standard InChI is InChI=1S/C34H42N2O4/c1-25(38)35-22-30-9-5-6-10-32(30)27-15-17-29(18-16-27)34-39-31(23-36-19-7-3-2-4-8-20-36)21-33(40-34)28-13-11-26(24-37)12-14-28/h5-6,9-18,31,33-34,37H,2-4,7-8,19-24H2,1H3,(H,35,38)/t31-,33+,34+/m1/s1. The van der Waals surface area contributed by atoms with E-state index in [0.717, 1.165) is 59.4 Å². The molecular weight excluding hydrogens is 500 g/mol. The van der Waals surface area contributed by atoms with Gasteiger partial charge >= 0.3 is 0 Å². The molecule has 3 aromatic carbocycles. The predicted octanol–water partition coefficient (Wildman–Crippen LogP) is 6.29. The van der Waals surface area contributed by atoms with Gasteiger partial charge in [0.1, 0.15) is 0 Å². The van der Waals surface area contributed by atoms with Crippen LogP contribution in [0.4, 0.5) is 0 Å². The minimum Gasteiger partial charge on any atom is -0.392 e. The molecule has 2 N–H and O–H groups in total. The first-order valence-corrected chi connectivity index (χ1v) is 14.7. The second kappa shape index (κ2) is 14.0. The monoisotopic (exact) mass is 542 g/mol. The lowest BCUT2D eigenvalue weighted by Gasteiger charge is -2.39. The molecule has 0 spiro atoms. The summed E-state index contributed by atoms with van der Waals surface area (Å²) in [5.41, 5.74) is 6.29. The number of aliphatic hydroxyl groups is 1. The van der Waals surface area contributed by atoms with E-state index >= 15 is 0 Å². The van der Waals surface area contributed by atoms with Crippen LogP contribution in [0.2, 0.25) is 0 Å². The molecule has 2 aliphatic heterocycles. The summed E-state index contributed by atoms with van der Waals surface area (Å²) in [5.74, 6) is -0.0393. The predicted molar refractivity (Wildman–Crippen MR) is 157 cm³/mol. The first kappa shape index (κ1) is 28.5. The van der Waals surface area contributed by atoms with Gasteiger partial charge in [0.15, 0.2) is 6.29 Å². The Morgan fingerprint density at radius 3 is 2.25 bits per heavy atom. The van der Waals surface area contributed by atoms with Crippen molar-refractivity contribution in [2.24, 2.45) is 0 Å². The smallest absolute Gasteiger partial charge is 0.217 e. The first-order valence-electron chi connectivity index (χ1n) is 14.7. The third kappa shape index (κ3) is 7.58. The molecule has 0 radical (unpaired) electrons. The van der Waals surface area contributed by atoms with Crippen LogP contribution in [0.15, 0.2) is 72.8 Å². The topological polar surface area (TPSA) is 71.0 Å². The number of hydrogen-bond donors (Lipinski definition) is 2. The average Bonchev–Trinajstić information content (AvgIpc) is 2.97. The van der Waals surface area contributed by atoms with Crippen molar-refractivity contribution in [3.8, 4) is 11.1 Å². The molecule has 2 fully saturated rings. The quantitative estimate of drug-likeness (QED) is 0.350. The van der Waals surface area contributed by atoms with Crippen molar-refractivity contribution in [2.45, 2.75) is 77.1 Å². The molecule has 212 valence electrons. The number of ether oxygens (including phenoxy) is 2. The lowest BCUT2D eigenvalue weighted by molar-refractivity contribution is -0.253. The number of nitrogens with one attached hydrogen (secondary N) is 1. The SMILES string of the molecule is CC(=O)NCc1ccccc1-c1ccc([C@H]2O[C@@H](CN3CCCCCCC3)C[C@@H](c3ccc(CO)cc3)O2)cc1.